The number of ether oxygens (including phenoxy) is 4. The van der Waals surface area contributed by atoms with Crippen LogP contribution in [0.25, 0.3) is 0 Å². The van der Waals surface area contributed by atoms with E-state index in [1.165, 1.54) is 148 Å². The molecule has 1 heterocycles. The molecule has 0 amide bonds. The van der Waals surface area contributed by atoms with Crippen LogP contribution in [0.2, 0.25) is 0 Å². The van der Waals surface area contributed by atoms with Crippen molar-refractivity contribution in [1.82, 2.24) is 0 Å². The number of esters is 2. The molecule has 0 aromatic heterocycles. The zero-order valence-corrected chi connectivity index (χ0v) is 41.2. The quantitative estimate of drug-likeness (QED) is 0.0196. The molecule has 12 nitrogen and oxygen atoms in total. The van der Waals surface area contributed by atoms with Gasteiger partial charge in [-0.15, -0.1) is 0 Å². The number of aliphatic hydroxyl groups excluding tert-OH is 3. The number of aliphatic hydroxyl groups is 3. The lowest BCUT2D eigenvalue weighted by Crippen LogP contribution is -2.60. The fourth-order valence-electron chi connectivity index (χ4n) is 7.96. The van der Waals surface area contributed by atoms with Gasteiger partial charge in [-0.25, -0.2) is 0 Å². The molecule has 376 valence electrons. The Kier molecular flexibility index (Phi) is 38.8. The van der Waals surface area contributed by atoms with Crippen molar-refractivity contribution in [2.45, 2.75) is 269 Å². The fourth-order valence-corrected chi connectivity index (χ4v) is 8.65. The largest absolute Gasteiger partial charge is 0.462 e. The smallest absolute Gasteiger partial charge is 0.306 e. The number of carbonyl (C=O) groups is 2. The Morgan fingerprint density at radius 1 is 0.516 bits per heavy atom. The maximum Gasteiger partial charge on any atom is 0.306 e. The van der Waals surface area contributed by atoms with E-state index in [9.17, 15) is 37.9 Å². The number of hydrogen-bond donors (Lipinski definition) is 4. The topological polar surface area (TPSA) is 186 Å². The molecule has 0 aromatic carbocycles. The molecule has 0 spiro atoms. The lowest BCUT2D eigenvalue weighted by molar-refractivity contribution is -0.297. The molecule has 1 aliphatic heterocycles. The van der Waals surface area contributed by atoms with Crippen LogP contribution in [0, 0.1) is 0 Å². The third-order valence-corrected chi connectivity index (χ3v) is 12.8. The van der Waals surface area contributed by atoms with Crippen molar-refractivity contribution >= 4 is 22.1 Å². The van der Waals surface area contributed by atoms with Gasteiger partial charge in [-0.05, 0) is 64.2 Å². The molecule has 1 rings (SSSR count). The minimum Gasteiger partial charge on any atom is -0.462 e. The van der Waals surface area contributed by atoms with Crippen LogP contribution >= 0.6 is 0 Å². The number of allylic oxidation sites excluding steroid dienone is 4. The van der Waals surface area contributed by atoms with E-state index in [1.807, 2.05) is 0 Å². The molecule has 0 bridgehead atoms. The maximum absolute atomic E-state index is 12.9. The van der Waals surface area contributed by atoms with Gasteiger partial charge in [0.15, 0.2) is 12.4 Å². The molecule has 1 aliphatic rings. The molecule has 1 fully saturated rings. The summed E-state index contributed by atoms with van der Waals surface area (Å²) in [5.41, 5.74) is 0. The highest BCUT2D eigenvalue weighted by Crippen LogP contribution is 2.24. The lowest BCUT2D eigenvalue weighted by atomic mass is 10.00. The first-order valence-electron chi connectivity index (χ1n) is 25.9. The van der Waals surface area contributed by atoms with E-state index in [4.69, 9.17) is 18.9 Å². The van der Waals surface area contributed by atoms with Crippen molar-refractivity contribution < 1.29 is 56.8 Å². The fraction of sp³-hybridized carbons (Fsp3) is 0.882. The van der Waals surface area contributed by atoms with Gasteiger partial charge in [0.2, 0.25) is 0 Å². The van der Waals surface area contributed by atoms with Crippen LogP contribution in [0.5, 0.6) is 0 Å². The molecule has 1 saturated heterocycles. The van der Waals surface area contributed by atoms with Crippen molar-refractivity contribution in [2.75, 3.05) is 19.0 Å². The normalized spacial score (nSPS) is 19.8. The molecule has 6 atom stereocenters. The number of rotatable bonds is 44. The van der Waals surface area contributed by atoms with Crippen LogP contribution < -0.4 is 0 Å². The Morgan fingerprint density at radius 2 is 0.891 bits per heavy atom. The van der Waals surface area contributed by atoms with Crippen LogP contribution in [-0.4, -0.2) is 96.0 Å². The van der Waals surface area contributed by atoms with Gasteiger partial charge in [-0.1, -0.05) is 179 Å². The van der Waals surface area contributed by atoms with Crippen LogP contribution in [0.3, 0.4) is 0 Å². The van der Waals surface area contributed by atoms with Gasteiger partial charge >= 0.3 is 11.9 Å². The van der Waals surface area contributed by atoms with E-state index in [0.29, 0.717) is 12.8 Å². The van der Waals surface area contributed by atoms with Gasteiger partial charge in [-0.2, -0.15) is 8.42 Å². The van der Waals surface area contributed by atoms with Gasteiger partial charge in [0, 0.05) is 12.8 Å². The van der Waals surface area contributed by atoms with Crippen molar-refractivity contribution in [2.24, 2.45) is 0 Å². The first kappa shape index (κ1) is 60.1. The first-order valence-corrected chi connectivity index (χ1v) is 27.5. The molecule has 4 N–H and O–H groups in total. The van der Waals surface area contributed by atoms with Gasteiger partial charge in [-0.3, -0.25) is 14.1 Å². The van der Waals surface area contributed by atoms with Crippen LogP contribution in [-0.2, 0) is 38.7 Å². The average Bonchev–Trinajstić information content (AvgIpc) is 3.26. The Balaban J connectivity index is 2.37. The maximum atomic E-state index is 12.9. The van der Waals surface area contributed by atoms with Crippen LogP contribution in [0.15, 0.2) is 24.3 Å². The number of hydrogen-bond acceptors (Lipinski definition) is 11. The zero-order valence-electron chi connectivity index (χ0n) is 40.4. The van der Waals surface area contributed by atoms with E-state index in [0.717, 1.165) is 44.9 Å². The zero-order chi connectivity index (χ0) is 46.9. The predicted octanol–water partition coefficient (Wildman–Crippen LogP) is 11.6. The summed E-state index contributed by atoms with van der Waals surface area (Å²) in [6, 6.07) is 0. The number of unbranched alkanes of at least 4 members (excludes halogenated alkanes) is 28. The second-order valence-electron chi connectivity index (χ2n) is 18.2. The van der Waals surface area contributed by atoms with E-state index >= 15 is 0 Å². The van der Waals surface area contributed by atoms with Crippen molar-refractivity contribution in [3.8, 4) is 0 Å². The second-order valence-corrected chi connectivity index (χ2v) is 19.7. The third-order valence-electron chi connectivity index (χ3n) is 12.0. The summed E-state index contributed by atoms with van der Waals surface area (Å²) in [6.07, 6.45) is 37.8. The Bertz CT molecular complexity index is 1270. The SMILES string of the molecule is CCCCCCCC/C=C/CCCCCCCCCCCC(=O)O[C@H](COC(=O)CCCCCCCCC/C=C/CCCCCCCC)CO[C@H]1O[C@H](CS(=O)(=O)O)[C@@H](O)C(O)C1O. The summed E-state index contributed by atoms with van der Waals surface area (Å²) in [4.78, 5) is 25.5. The number of carbonyl (C=O) groups excluding carboxylic acids is 2. The van der Waals surface area contributed by atoms with Gasteiger partial charge in [0.1, 0.15) is 36.8 Å². The molecule has 64 heavy (non-hydrogen) atoms. The summed E-state index contributed by atoms with van der Waals surface area (Å²) < 4.78 is 54.2. The predicted molar refractivity (Wildman–Crippen MR) is 256 cm³/mol. The van der Waals surface area contributed by atoms with E-state index in [-0.39, 0.29) is 19.4 Å². The van der Waals surface area contributed by atoms with Gasteiger partial charge in [0.25, 0.3) is 10.1 Å². The molecule has 0 aromatic rings. The lowest BCUT2D eigenvalue weighted by Gasteiger charge is -2.40. The standard InChI is InChI=1S/C51H94O12S/c1-3-5-7-9-11-13-15-17-19-21-22-24-26-28-30-32-34-36-38-40-47(53)62-44(42-61-51-50(56)49(55)48(54)45(63-51)43-64(57,58)59)41-60-46(52)39-37-35-33-31-29-27-25-23-20-18-16-14-12-10-8-6-4-2/h17-20,44-45,48-51,54-56H,3-16,21-43H2,1-2H3,(H,57,58,59)/b19-17+,20-18+/t44-,45-,48-,49?,50?,51+/m1/s1. The Hall–Kier alpha value is -1.87. The molecule has 13 heteroatoms. The van der Waals surface area contributed by atoms with Gasteiger partial charge in [0.05, 0.1) is 6.61 Å². The minimum atomic E-state index is -4.60. The Labute approximate surface area is 389 Å². The highest BCUT2D eigenvalue weighted by atomic mass is 32.2. The van der Waals surface area contributed by atoms with E-state index in [2.05, 4.69) is 38.2 Å². The minimum absolute atomic E-state index is 0.163. The highest BCUT2D eigenvalue weighted by molar-refractivity contribution is 7.85. The molecular formula is C51H94O12S. The molecule has 0 radical (unpaired) electrons. The van der Waals surface area contributed by atoms with E-state index in [1.54, 1.807) is 0 Å². The average molecular weight is 931 g/mol. The summed E-state index contributed by atoms with van der Waals surface area (Å²) in [7, 11) is -4.60. The summed E-state index contributed by atoms with van der Waals surface area (Å²) in [6.45, 7) is 3.78. The molecule has 0 aliphatic carbocycles. The van der Waals surface area contributed by atoms with Crippen molar-refractivity contribution in [3.05, 3.63) is 24.3 Å². The third kappa shape index (κ3) is 35.3. The molecule has 2 unspecified atom stereocenters. The summed E-state index contributed by atoms with van der Waals surface area (Å²) in [5.74, 6) is -1.98. The van der Waals surface area contributed by atoms with E-state index < -0.39 is 71.2 Å². The highest BCUT2D eigenvalue weighted by Gasteiger charge is 2.46. The second kappa shape index (κ2) is 41.3. The molecular weight excluding hydrogens is 837 g/mol. The Morgan fingerprint density at radius 3 is 1.30 bits per heavy atom. The van der Waals surface area contributed by atoms with Gasteiger partial charge < -0.3 is 34.3 Å². The van der Waals surface area contributed by atoms with Crippen molar-refractivity contribution in [3.63, 3.8) is 0 Å². The first-order chi connectivity index (χ1) is 31.0. The molecule has 0 saturated carbocycles. The van der Waals surface area contributed by atoms with Crippen molar-refractivity contribution in [1.29, 1.82) is 0 Å². The summed E-state index contributed by atoms with van der Waals surface area (Å²) >= 11 is 0. The monoisotopic (exact) mass is 931 g/mol. The van der Waals surface area contributed by atoms with Crippen LogP contribution in [0.1, 0.15) is 232 Å². The summed E-state index contributed by atoms with van der Waals surface area (Å²) in [5, 5.41) is 31.0. The van der Waals surface area contributed by atoms with Crippen LogP contribution in [0.4, 0.5) is 0 Å².